The number of carbonyl (C=O) groups is 2. The molecule has 0 spiro atoms. The molecular weight excluding hydrogens is 413 g/mol. The summed E-state index contributed by atoms with van der Waals surface area (Å²) in [6.45, 7) is 3.11. The zero-order valence-corrected chi connectivity index (χ0v) is 17.4. The van der Waals surface area contributed by atoms with Gasteiger partial charge in [0.25, 0.3) is 0 Å². The van der Waals surface area contributed by atoms with Gasteiger partial charge in [0, 0.05) is 20.0 Å². The molecule has 10 nitrogen and oxygen atoms in total. The number of nitrogens with zero attached hydrogens (tertiary/aromatic N) is 6. The van der Waals surface area contributed by atoms with Gasteiger partial charge in [0.2, 0.25) is 11.1 Å². The van der Waals surface area contributed by atoms with Gasteiger partial charge in [0.1, 0.15) is 11.9 Å². The average Bonchev–Trinajstić information content (AvgIpc) is 3.45. The first kappa shape index (κ1) is 20.4. The van der Waals surface area contributed by atoms with Crippen LogP contribution in [0.3, 0.4) is 0 Å². The number of amides is 2. The zero-order chi connectivity index (χ0) is 21.3. The lowest BCUT2D eigenvalue weighted by atomic mass is 10.2. The Hall–Kier alpha value is -2.89. The van der Waals surface area contributed by atoms with Crippen LogP contribution in [-0.4, -0.2) is 70.7 Å². The Morgan fingerprint density at radius 3 is 2.93 bits per heavy atom. The third kappa shape index (κ3) is 4.18. The lowest BCUT2D eigenvalue weighted by Crippen LogP contribution is -2.33. The Kier molecular flexibility index (Phi) is 5.75. The third-order valence-corrected chi connectivity index (χ3v) is 5.65. The molecule has 1 aromatic heterocycles. The maximum atomic E-state index is 14.9. The van der Waals surface area contributed by atoms with E-state index in [1.165, 1.54) is 29.7 Å². The quantitative estimate of drug-likeness (QED) is 0.680. The number of ether oxygens (including phenoxy) is 1. The van der Waals surface area contributed by atoms with Crippen LogP contribution in [0.25, 0.3) is 0 Å². The van der Waals surface area contributed by atoms with Crippen molar-refractivity contribution in [3.63, 3.8) is 0 Å². The van der Waals surface area contributed by atoms with Gasteiger partial charge in [-0.25, -0.2) is 9.18 Å². The van der Waals surface area contributed by atoms with Crippen LogP contribution in [0.4, 0.5) is 20.6 Å². The van der Waals surface area contributed by atoms with Crippen LogP contribution >= 0.6 is 11.8 Å². The van der Waals surface area contributed by atoms with Crippen molar-refractivity contribution in [2.24, 2.45) is 0 Å². The molecule has 12 heteroatoms. The number of benzene rings is 1. The molecule has 0 bridgehead atoms. The summed E-state index contributed by atoms with van der Waals surface area (Å²) >= 11 is 1.42. The van der Waals surface area contributed by atoms with E-state index in [0.717, 1.165) is 6.42 Å². The van der Waals surface area contributed by atoms with Gasteiger partial charge >= 0.3 is 6.09 Å². The van der Waals surface area contributed by atoms with E-state index in [1.807, 2.05) is 11.2 Å². The van der Waals surface area contributed by atoms with Crippen molar-refractivity contribution in [1.82, 2.24) is 25.5 Å². The van der Waals surface area contributed by atoms with Gasteiger partial charge in [-0.3, -0.25) is 9.69 Å². The minimum atomic E-state index is -0.555. The van der Waals surface area contributed by atoms with E-state index < -0.39 is 18.0 Å². The van der Waals surface area contributed by atoms with E-state index in [0.29, 0.717) is 29.6 Å². The Morgan fingerprint density at radius 2 is 2.23 bits per heavy atom. The molecule has 0 saturated carbocycles. The van der Waals surface area contributed by atoms with E-state index in [9.17, 15) is 14.0 Å². The smallest absolute Gasteiger partial charge is 0.414 e. The fourth-order valence-electron chi connectivity index (χ4n) is 3.61. The maximum absolute atomic E-state index is 14.9. The molecule has 2 amide bonds. The van der Waals surface area contributed by atoms with E-state index in [2.05, 4.69) is 20.7 Å². The number of nitrogens with one attached hydrogen (secondary N) is 1. The predicted octanol–water partition coefficient (Wildman–Crippen LogP) is 1.45. The van der Waals surface area contributed by atoms with Crippen molar-refractivity contribution < 1.29 is 18.7 Å². The Bertz CT molecular complexity index is 956. The minimum Gasteiger partial charge on any atom is -0.442 e. The van der Waals surface area contributed by atoms with Crippen LogP contribution in [0.5, 0.6) is 0 Å². The van der Waals surface area contributed by atoms with Crippen molar-refractivity contribution in [2.75, 3.05) is 42.2 Å². The monoisotopic (exact) mass is 435 g/mol. The predicted molar refractivity (Wildman–Crippen MR) is 108 cm³/mol. The second-order valence-corrected chi connectivity index (χ2v) is 7.95. The summed E-state index contributed by atoms with van der Waals surface area (Å²) < 4.78 is 20.1. The molecule has 30 heavy (non-hydrogen) atoms. The lowest BCUT2D eigenvalue weighted by molar-refractivity contribution is -0.119. The fraction of sp³-hybridized carbons (Fsp3) is 0.500. The highest BCUT2D eigenvalue weighted by molar-refractivity contribution is 7.98. The van der Waals surface area contributed by atoms with Crippen molar-refractivity contribution in [2.45, 2.75) is 30.6 Å². The first-order valence-corrected chi connectivity index (χ1v) is 10.8. The van der Waals surface area contributed by atoms with Gasteiger partial charge < -0.3 is 15.0 Å². The van der Waals surface area contributed by atoms with Crippen LogP contribution in [0.15, 0.2) is 23.4 Å². The molecule has 1 unspecified atom stereocenters. The van der Waals surface area contributed by atoms with Crippen molar-refractivity contribution in [1.29, 1.82) is 0 Å². The number of carbonyl (C=O) groups excluding carboxylic acids is 2. The largest absolute Gasteiger partial charge is 0.442 e. The van der Waals surface area contributed by atoms with E-state index in [-0.39, 0.29) is 25.0 Å². The summed E-state index contributed by atoms with van der Waals surface area (Å²) in [5.74, 6) is -0.614. The second kappa shape index (κ2) is 8.46. The molecule has 2 aliphatic rings. The number of anilines is 2. The molecule has 0 radical (unpaired) electrons. The van der Waals surface area contributed by atoms with Crippen molar-refractivity contribution in [3.8, 4) is 0 Å². The summed E-state index contributed by atoms with van der Waals surface area (Å²) in [5.41, 5.74) is 0.888. The average molecular weight is 435 g/mol. The minimum absolute atomic E-state index is 0.0283. The SMILES string of the molecule is CSc1nnn(C2CCN(c3ccc(N4C[C@H](CNC(C)=O)OC4=O)cc3F)C2)n1. The molecule has 2 aliphatic heterocycles. The van der Waals surface area contributed by atoms with Crippen LogP contribution in [0, 0.1) is 5.82 Å². The van der Waals surface area contributed by atoms with Gasteiger partial charge in [-0.1, -0.05) is 11.8 Å². The Morgan fingerprint density at radius 1 is 1.40 bits per heavy atom. The Labute approximate surface area is 176 Å². The van der Waals surface area contributed by atoms with Crippen LogP contribution < -0.4 is 15.1 Å². The molecule has 160 valence electrons. The van der Waals surface area contributed by atoms with Gasteiger partial charge in [0.05, 0.1) is 30.5 Å². The van der Waals surface area contributed by atoms with Gasteiger partial charge in [-0.05, 0) is 36.1 Å². The number of rotatable bonds is 6. The fourth-order valence-corrected chi connectivity index (χ4v) is 3.90. The number of hydrogen-bond acceptors (Lipinski definition) is 8. The van der Waals surface area contributed by atoms with Crippen LogP contribution in [-0.2, 0) is 9.53 Å². The number of hydrogen-bond donors (Lipinski definition) is 1. The number of cyclic esters (lactones) is 1. The maximum Gasteiger partial charge on any atom is 0.414 e. The molecule has 1 N–H and O–H groups in total. The van der Waals surface area contributed by atoms with E-state index in [4.69, 9.17) is 4.74 Å². The molecular formula is C18H22FN7O3S. The number of thioether (sulfide) groups is 1. The van der Waals surface area contributed by atoms with Crippen LogP contribution in [0.1, 0.15) is 19.4 Å². The van der Waals surface area contributed by atoms with E-state index >= 15 is 0 Å². The zero-order valence-electron chi connectivity index (χ0n) is 16.6. The lowest BCUT2D eigenvalue weighted by Gasteiger charge is -2.21. The molecule has 2 atom stereocenters. The normalized spacial score (nSPS) is 21.2. The molecule has 1 aromatic carbocycles. The van der Waals surface area contributed by atoms with Crippen LogP contribution in [0.2, 0.25) is 0 Å². The molecule has 4 rings (SSSR count). The Balaban J connectivity index is 1.42. The molecule has 2 saturated heterocycles. The molecule has 2 fully saturated rings. The van der Waals surface area contributed by atoms with E-state index in [1.54, 1.807) is 16.9 Å². The summed E-state index contributed by atoms with van der Waals surface area (Å²) in [4.78, 5) is 28.1. The summed E-state index contributed by atoms with van der Waals surface area (Å²) in [6.07, 6.45) is 1.65. The number of halogens is 1. The second-order valence-electron chi connectivity index (χ2n) is 7.17. The third-order valence-electron chi connectivity index (χ3n) is 5.12. The summed E-state index contributed by atoms with van der Waals surface area (Å²) in [5, 5.41) is 15.6. The van der Waals surface area contributed by atoms with Gasteiger partial charge in [0.15, 0.2) is 0 Å². The highest BCUT2D eigenvalue weighted by Gasteiger charge is 2.33. The van der Waals surface area contributed by atoms with Gasteiger partial charge in [-0.2, -0.15) is 4.80 Å². The van der Waals surface area contributed by atoms with Crippen molar-refractivity contribution in [3.05, 3.63) is 24.0 Å². The number of tetrazole rings is 1. The standard InChI is InChI=1S/C18H22FN7O3S/c1-11(27)20-8-14-10-25(18(28)29-14)12-3-4-16(15(19)7-12)24-6-5-13(9-24)26-22-17(30-2)21-23-26/h3-4,7,13-14H,5-6,8-10H2,1-2H3,(H,20,27)/t13?,14-/m0/s1. The summed E-state index contributed by atoms with van der Waals surface area (Å²) in [7, 11) is 0. The molecule has 3 heterocycles. The topological polar surface area (TPSA) is 105 Å². The molecule has 0 aliphatic carbocycles. The highest BCUT2D eigenvalue weighted by Crippen LogP contribution is 2.32. The first-order chi connectivity index (χ1) is 14.4. The first-order valence-electron chi connectivity index (χ1n) is 9.55. The number of aromatic nitrogens is 4. The highest BCUT2D eigenvalue weighted by atomic mass is 32.2. The van der Waals surface area contributed by atoms with Gasteiger partial charge in [-0.15, -0.1) is 10.2 Å². The van der Waals surface area contributed by atoms with Crippen molar-refractivity contribution >= 4 is 35.1 Å². The molecule has 2 aromatic rings. The summed E-state index contributed by atoms with van der Waals surface area (Å²) in [6, 6.07) is 4.74.